The smallest absolute Gasteiger partial charge is 0.106 e. The maximum atomic E-state index is 13.0. The Labute approximate surface area is 133 Å². The van der Waals surface area contributed by atoms with E-state index in [1.165, 1.54) is 32.1 Å². The SMILES string of the molecule is C=Cc1ccc(S(=C)(=O)OC2C3CC4CC(C3)CC2C4)cc1. The molecule has 0 saturated heterocycles. The van der Waals surface area contributed by atoms with E-state index in [4.69, 9.17) is 4.18 Å². The fraction of sp³-hybridized carbons (Fsp3) is 0.526. The first kappa shape index (κ1) is 14.5. The third-order valence-electron chi connectivity index (χ3n) is 5.88. The summed E-state index contributed by atoms with van der Waals surface area (Å²) >= 11 is 0. The second-order valence-electron chi connectivity index (χ2n) is 7.38. The minimum Gasteiger partial charge on any atom is -0.291 e. The predicted octanol–water partition coefficient (Wildman–Crippen LogP) is 4.16. The van der Waals surface area contributed by atoms with Gasteiger partial charge < -0.3 is 0 Å². The van der Waals surface area contributed by atoms with Crippen LogP contribution in [-0.2, 0) is 14.0 Å². The molecule has 4 bridgehead atoms. The quantitative estimate of drug-likeness (QED) is 0.780. The van der Waals surface area contributed by atoms with Crippen LogP contribution in [0.15, 0.2) is 35.7 Å². The van der Waals surface area contributed by atoms with Gasteiger partial charge in [0.2, 0.25) is 0 Å². The topological polar surface area (TPSA) is 26.3 Å². The molecule has 0 amide bonds. The second kappa shape index (κ2) is 5.24. The highest BCUT2D eigenvalue weighted by atomic mass is 32.2. The van der Waals surface area contributed by atoms with Gasteiger partial charge in [-0.2, -0.15) is 0 Å². The zero-order valence-corrected chi connectivity index (χ0v) is 13.8. The molecule has 1 aromatic rings. The first-order valence-corrected chi connectivity index (χ1v) is 9.98. The first-order chi connectivity index (χ1) is 10.5. The van der Waals surface area contributed by atoms with Crippen LogP contribution in [0.5, 0.6) is 0 Å². The molecule has 22 heavy (non-hydrogen) atoms. The van der Waals surface area contributed by atoms with Gasteiger partial charge in [-0.3, -0.25) is 4.18 Å². The van der Waals surface area contributed by atoms with Crippen molar-refractivity contribution in [2.75, 3.05) is 0 Å². The molecule has 4 fully saturated rings. The van der Waals surface area contributed by atoms with Crippen LogP contribution in [-0.4, -0.2) is 16.2 Å². The average Bonchev–Trinajstić information content (AvgIpc) is 2.50. The zero-order valence-electron chi connectivity index (χ0n) is 12.9. The van der Waals surface area contributed by atoms with Gasteiger partial charge in [-0.05, 0) is 79.3 Å². The lowest BCUT2D eigenvalue weighted by Gasteiger charge is -2.53. The van der Waals surface area contributed by atoms with Crippen LogP contribution >= 0.6 is 0 Å². The lowest BCUT2D eigenvalue weighted by atomic mass is 9.55. The van der Waals surface area contributed by atoms with Gasteiger partial charge in [0.25, 0.3) is 0 Å². The van der Waals surface area contributed by atoms with Crippen molar-refractivity contribution in [2.45, 2.75) is 43.1 Å². The minimum absolute atomic E-state index is 0.150. The molecular weight excluding hydrogens is 292 g/mol. The summed E-state index contributed by atoms with van der Waals surface area (Å²) in [5.74, 6) is 6.93. The Bertz CT molecular complexity index is 644. The monoisotopic (exact) mass is 316 g/mol. The Kier molecular flexibility index (Phi) is 3.46. The van der Waals surface area contributed by atoms with Gasteiger partial charge in [0.1, 0.15) is 9.80 Å². The molecule has 4 saturated carbocycles. The van der Waals surface area contributed by atoms with Crippen molar-refractivity contribution in [3.05, 3.63) is 36.4 Å². The van der Waals surface area contributed by atoms with Crippen molar-refractivity contribution in [2.24, 2.45) is 23.7 Å². The molecule has 118 valence electrons. The molecule has 0 N–H and O–H groups in total. The van der Waals surface area contributed by atoms with E-state index in [1.54, 1.807) is 6.08 Å². The highest BCUT2D eigenvalue weighted by Gasteiger charge is 2.49. The summed E-state index contributed by atoms with van der Waals surface area (Å²) in [6, 6.07) is 7.58. The summed E-state index contributed by atoms with van der Waals surface area (Å²) in [6.07, 6.45) is 8.42. The van der Waals surface area contributed by atoms with Gasteiger partial charge in [-0.25, -0.2) is 4.21 Å². The Balaban J connectivity index is 1.55. The average molecular weight is 316 g/mol. The molecule has 0 aromatic heterocycles. The molecule has 1 unspecified atom stereocenters. The highest BCUT2D eigenvalue weighted by molar-refractivity contribution is 7.96. The molecular formula is C19H24O2S. The third kappa shape index (κ3) is 2.44. The van der Waals surface area contributed by atoms with E-state index in [9.17, 15) is 4.21 Å². The Morgan fingerprint density at radius 2 is 1.55 bits per heavy atom. The van der Waals surface area contributed by atoms with E-state index in [-0.39, 0.29) is 6.10 Å². The number of hydrogen-bond acceptors (Lipinski definition) is 2. The van der Waals surface area contributed by atoms with Crippen molar-refractivity contribution in [3.8, 4) is 0 Å². The second-order valence-corrected chi connectivity index (χ2v) is 9.27. The van der Waals surface area contributed by atoms with Crippen LogP contribution in [0.4, 0.5) is 0 Å². The molecule has 0 aliphatic heterocycles. The maximum Gasteiger partial charge on any atom is 0.106 e. The molecule has 5 rings (SSSR count). The van der Waals surface area contributed by atoms with Crippen LogP contribution in [0.2, 0.25) is 0 Å². The molecule has 4 aliphatic carbocycles. The summed E-state index contributed by atoms with van der Waals surface area (Å²) in [4.78, 5) is 0.701. The highest BCUT2D eigenvalue weighted by Crippen LogP contribution is 2.55. The number of hydrogen-bond donors (Lipinski definition) is 0. The summed E-state index contributed by atoms with van der Waals surface area (Å²) in [7, 11) is -2.66. The lowest BCUT2D eigenvalue weighted by molar-refractivity contribution is -0.0744. The van der Waals surface area contributed by atoms with Crippen molar-refractivity contribution in [1.82, 2.24) is 0 Å². The third-order valence-corrected chi connectivity index (χ3v) is 7.41. The molecule has 3 heteroatoms. The van der Waals surface area contributed by atoms with Crippen molar-refractivity contribution in [3.63, 3.8) is 0 Å². The van der Waals surface area contributed by atoms with Gasteiger partial charge in [0, 0.05) is 0 Å². The lowest BCUT2D eigenvalue weighted by Crippen LogP contribution is -2.49. The van der Waals surface area contributed by atoms with Crippen LogP contribution in [0, 0.1) is 23.7 Å². The van der Waals surface area contributed by atoms with E-state index in [0.717, 1.165) is 17.4 Å². The van der Waals surface area contributed by atoms with Crippen LogP contribution in [0.1, 0.15) is 37.7 Å². The number of rotatable bonds is 4. The summed E-state index contributed by atoms with van der Waals surface area (Å²) in [5, 5.41) is 0. The van der Waals surface area contributed by atoms with Gasteiger partial charge in [-0.1, -0.05) is 24.8 Å². The molecule has 1 aromatic carbocycles. The molecule has 1 atom stereocenters. The van der Waals surface area contributed by atoms with Gasteiger partial charge in [0.15, 0.2) is 0 Å². The van der Waals surface area contributed by atoms with Gasteiger partial charge in [0.05, 0.1) is 11.0 Å². The minimum atomic E-state index is -2.66. The van der Waals surface area contributed by atoms with E-state index in [0.29, 0.717) is 16.7 Å². The molecule has 0 spiro atoms. The van der Waals surface area contributed by atoms with Gasteiger partial charge >= 0.3 is 0 Å². The van der Waals surface area contributed by atoms with Crippen LogP contribution < -0.4 is 0 Å². The summed E-state index contributed by atoms with van der Waals surface area (Å²) in [5.41, 5.74) is 1.02. The fourth-order valence-electron chi connectivity index (χ4n) is 5.08. The zero-order chi connectivity index (χ0) is 15.3. The summed E-state index contributed by atoms with van der Waals surface area (Å²) < 4.78 is 19.2. The largest absolute Gasteiger partial charge is 0.291 e. The molecule has 0 radical (unpaired) electrons. The fourth-order valence-corrected chi connectivity index (χ4v) is 6.41. The Hall–Kier alpha value is -1.06. The summed E-state index contributed by atoms with van der Waals surface area (Å²) in [6.45, 7) is 3.75. The van der Waals surface area contributed by atoms with Gasteiger partial charge in [-0.15, -0.1) is 0 Å². The van der Waals surface area contributed by atoms with E-state index in [2.05, 4.69) is 12.4 Å². The van der Waals surface area contributed by atoms with E-state index < -0.39 is 9.80 Å². The Morgan fingerprint density at radius 1 is 1.00 bits per heavy atom. The van der Waals surface area contributed by atoms with E-state index in [1.807, 2.05) is 24.3 Å². The first-order valence-electron chi connectivity index (χ1n) is 8.33. The van der Waals surface area contributed by atoms with Crippen molar-refractivity contribution < 1.29 is 8.39 Å². The van der Waals surface area contributed by atoms with E-state index >= 15 is 0 Å². The van der Waals surface area contributed by atoms with Crippen molar-refractivity contribution in [1.29, 1.82) is 0 Å². The number of benzene rings is 1. The maximum absolute atomic E-state index is 13.0. The molecule has 0 heterocycles. The molecule has 4 aliphatic rings. The molecule has 2 nitrogen and oxygen atoms in total. The predicted molar refractivity (Wildman–Crippen MR) is 92.0 cm³/mol. The Morgan fingerprint density at radius 3 is 2.05 bits per heavy atom. The normalized spacial score (nSPS) is 38.6. The van der Waals surface area contributed by atoms with Crippen molar-refractivity contribution >= 4 is 21.7 Å². The standard InChI is InChI=1S/C19H24O2S/c1-3-13-4-6-18(7-5-13)22(2,20)21-19-16-9-14-8-15(11-16)12-17(19)10-14/h3-7,14-17,19H,1-2,8-12H2. The van der Waals surface area contributed by atoms with Crippen LogP contribution in [0.3, 0.4) is 0 Å². The van der Waals surface area contributed by atoms with Crippen LogP contribution in [0.25, 0.3) is 6.08 Å².